The highest BCUT2D eigenvalue weighted by Crippen LogP contribution is 2.27. The Morgan fingerprint density at radius 3 is 2.63 bits per heavy atom. The number of rotatable bonds is 8. The minimum atomic E-state index is -0.210. The van der Waals surface area contributed by atoms with Crippen LogP contribution in [0.2, 0.25) is 5.02 Å². The number of hydrogen-bond acceptors (Lipinski definition) is 7. The van der Waals surface area contributed by atoms with Gasteiger partial charge in [-0.1, -0.05) is 59.0 Å². The van der Waals surface area contributed by atoms with Crippen LogP contribution in [0.5, 0.6) is 0 Å². The van der Waals surface area contributed by atoms with Crippen LogP contribution >= 0.6 is 34.7 Å². The summed E-state index contributed by atoms with van der Waals surface area (Å²) in [7, 11) is 0. The first kappa shape index (κ1) is 25.9. The molecule has 0 aliphatic carbocycles. The third-order valence-corrected chi connectivity index (χ3v) is 7.93. The van der Waals surface area contributed by atoms with Gasteiger partial charge in [-0.05, 0) is 67.4 Å². The number of aryl methyl sites for hydroxylation is 2. The molecule has 0 aliphatic heterocycles. The van der Waals surface area contributed by atoms with Crippen molar-refractivity contribution in [2.24, 2.45) is 0 Å². The zero-order valence-corrected chi connectivity index (χ0v) is 23.0. The summed E-state index contributed by atoms with van der Waals surface area (Å²) in [5, 5.41) is 16.0. The summed E-state index contributed by atoms with van der Waals surface area (Å²) in [4.78, 5) is 29.9. The molecule has 0 unspecified atom stereocenters. The first-order chi connectivity index (χ1) is 18.4. The van der Waals surface area contributed by atoms with Crippen LogP contribution in [0.15, 0.2) is 71.9 Å². The summed E-state index contributed by atoms with van der Waals surface area (Å²) >= 11 is 8.91. The van der Waals surface area contributed by atoms with Gasteiger partial charge in [-0.15, -0.1) is 10.2 Å². The van der Waals surface area contributed by atoms with E-state index in [4.69, 9.17) is 11.6 Å². The third kappa shape index (κ3) is 5.88. The lowest BCUT2D eigenvalue weighted by atomic mass is 10.1. The molecule has 11 heteroatoms. The molecule has 0 spiro atoms. The van der Waals surface area contributed by atoms with Crippen LogP contribution < -0.4 is 10.6 Å². The molecule has 5 rings (SSSR count). The van der Waals surface area contributed by atoms with Crippen molar-refractivity contribution in [3.63, 3.8) is 0 Å². The van der Waals surface area contributed by atoms with Crippen molar-refractivity contribution in [2.45, 2.75) is 25.5 Å². The van der Waals surface area contributed by atoms with E-state index in [1.807, 2.05) is 62.4 Å². The zero-order valence-electron chi connectivity index (χ0n) is 20.6. The monoisotopic (exact) mass is 562 g/mol. The molecule has 3 aromatic carbocycles. The number of aromatic nitrogens is 4. The number of carbonyl (C=O) groups excluding carboxylic acids is 2. The van der Waals surface area contributed by atoms with Crippen molar-refractivity contribution in [1.82, 2.24) is 25.1 Å². The quantitative estimate of drug-likeness (QED) is 0.231. The molecule has 0 aliphatic rings. The predicted octanol–water partition coefficient (Wildman–Crippen LogP) is 5.81. The van der Waals surface area contributed by atoms with Gasteiger partial charge in [0.2, 0.25) is 5.91 Å². The van der Waals surface area contributed by atoms with E-state index >= 15 is 0 Å². The minimum absolute atomic E-state index is 0.101. The van der Waals surface area contributed by atoms with Crippen molar-refractivity contribution in [3.8, 4) is 5.69 Å². The maximum Gasteiger partial charge on any atom is 0.251 e. The van der Waals surface area contributed by atoms with Gasteiger partial charge in [-0.2, -0.15) is 0 Å². The maximum atomic E-state index is 12.8. The van der Waals surface area contributed by atoms with Gasteiger partial charge in [-0.25, -0.2) is 4.98 Å². The molecule has 0 radical (unpaired) electrons. The SMILES string of the molecule is Cc1ccc(C(=O)NCc2nnc(SCC(=O)Nc3nc4ccccc4s3)n2-c2cccc(Cl)c2)cc1C. The second-order valence-electron chi connectivity index (χ2n) is 8.52. The number of hydrogen-bond donors (Lipinski definition) is 2. The molecular formula is C27H23ClN6O2S2. The normalized spacial score (nSPS) is 11.0. The van der Waals surface area contributed by atoms with Gasteiger partial charge < -0.3 is 10.6 Å². The van der Waals surface area contributed by atoms with Gasteiger partial charge in [0, 0.05) is 10.6 Å². The average Bonchev–Trinajstić information content (AvgIpc) is 3.50. The summed E-state index contributed by atoms with van der Waals surface area (Å²) < 4.78 is 2.80. The van der Waals surface area contributed by atoms with E-state index in [0.29, 0.717) is 26.7 Å². The topological polar surface area (TPSA) is 102 Å². The third-order valence-electron chi connectivity index (χ3n) is 5.82. The van der Waals surface area contributed by atoms with Crippen LogP contribution in [0.3, 0.4) is 0 Å². The standard InChI is InChI=1S/C27H23ClN6O2S2/c1-16-10-11-18(12-17(16)2)25(36)29-14-23-32-33-27(34(23)20-7-5-6-19(28)13-20)37-15-24(35)31-26-30-21-8-3-4-9-22(21)38-26/h3-13H,14-15H2,1-2H3,(H,29,36)(H,30,31,35). The molecule has 192 valence electrons. The van der Waals surface area contributed by atoms with Gasteiger partial charge in [-0.3, -0.25) is 14.2 Å². The van der Waals surface area contributed by atoms with Gasteiger partial charge in [0.25, 0.3) is 5.91 Å². The molecule has 38 heavy (non-hydrogen) atoms. The highest BCUT2D eigenvalue weighted by Gasteiger charge is 2.18. The van der Waals surface area contributed by atoms with Crippen molar-refractivity contribution in [3.05, 3.63) is 94.3 Å². The van der Waals surface area contributed by atoms with E-state index < -0.39 is 0 Å². The Morgan fingerprint density at radius 2 is 1.84 bits per heavy atom. The number of carbonyl (C=O) groups is 2. The predicted molar refractivity (Wildman–Crippen MR) is 152 cm³/mol. The smallest absolute Gasteiger partial charge is 0.251 e. The van der Waals surface area contributed by atoms with E-state index in [2.05, 4.69) is 25.8 Å². The molecule has 0 atom stereocenters. The number of nitrogens with zero attached hydrogens (tertiary/aromatic N) is 4. The van der Waals surface area contributed by atoms with Gasteiger partial charge in [0.15, 0.2) is 16.1 Å². The van der Waals surface area contributed by atoms with Crippen LogP contribution in [0.25, 0.3) is 15.9 Å². The largest absolute Gasteiger partial charge is 0.345 e. The second kappa shape index (κ2) is 11.3. The molecule has 0 bridgehead atoms. The molecule has 0 saturated heterocycles. The number of para-hydroxylation sites is 1. The van der Waals surface area contributed by atoms with Crippen molar-refractivity contribution in [1.29, 1.82) is 0 Å². The van der Waals surface area contributed by atoms with Crippen LogP contribution in [0.4, 0.5) is 5.13 Å². The van der Waals surface area contributed by atoms with Gasteiger partial charge in [0.05, 0.1) is 28.2 Å². The lowest BCUT2D eigenvalue weighted by Crippen LogP contribution is -2.24. The van der Waals surface area contributed by atoms with Crippen molar-refractivity contribution < 1.29 is 9.59 Å². The summed E-state index contributed by atoms with van der Waals surface area (Å²) in [6, 6.07) is 20.5. The highest BCUT2D eigenvalue weighted by molar-refractivity contribution is 7.99. The summed E-state index contributed by atoms with van der Waals surface area (Å²) in [5.74, 6) is 0.194. The number of thiazole rings is 1. The zero-order chi connectivity index (χ0) is 26.6. The van der Waals surface area contributed by atoms with E-state index in [1.54, 1.807) is 22.8 Å². The second-order valence-corrected chi connectivity index (χ2v) is 10.9. The molecule has 2 heterocycles. The van der Waals surface area contributed by atoms with Crippen LogP contribution in [0.1, 0.15) is 27.3 Å². The fourth-order valence-electron chi connectivity index (χ4n) is 3.74. The molecule has 2 amide bonds. The van der Waals surface area contributed by atoms with Crippen molar-refractivity contribution >= 4 is 61.9 Å². The van der Waals surface area contributed by atoms with Crippen molar-refractivity contribution in [2.75, 3.05) is 11.1 Å². The number of fused-ring (bicyclic) bond motifs is 1. The van der Waals surface area contributed by atoms with E-state index in [1.165, 1.54) is 23.1 Å². The molecule has 0 saturated carbocycles. The van der Waals surface area contributed by atoms with Crippen LogP contribution in [0, 0.1) is 13.8 Å². The Bertz CT molecular complexity index is 1610. The number of anilines is 1. The Kier molecular flexibility index (Phi) is 7.73. The van der Waals surface area contributed by atoms with Gasteiger partial charge in [0.1, 0.15) is 0 Å². The van der Waals surface area contributed by atoms with E-state index in [0.717, 1.165) is 27.0 Å². The lowest BCUT2D eigenvalue weighted by Gasteiger charge is -2.12. The Morgan fingerprint density at radius 1 is 1.00 bits per heavy atom. The molecule has 0 fully saturated rings. The lowest BCUT2D eigenvalue weighted by molar-refractivity contribution is -0.113. The molecule has 2 N–H and O–H groups in total. The van der Waals surface area contributed by atoms with E-state index in [-0.39, 0.29) is 24.1 Å². The van der Waals surface area contributed by atoms with E-state index in [9.17, 15) is 9.59 Å². The average molecular weight is 563 g/mol. The number of amides is 2. The summed E-state index contributed by atoms with van der Waals surface area (Å²) in [6.45, 7) is 4.12. The van der Waals surface area contributed by atoms with Gasteiger partial charge >= 0.3 is 0 Å². The highest BCUT2D eigenvalue weighted by atomic mass is 35.5. The molecule has 8 nitrogen and oxygen atoms in total. The summed E-state index contributed by atoms with van der Waals surface area (Å²) in [6.07, 6.45) is 0. The number of nitrogens with one attached hydrogen (secondary N) is 2. The van der Waals surface area contributed by atoms with Crippen LogP contribution in [-0.4, -0.2) is 37.3 Å². The molecule has 2 aromatic heterocycles. The first-order valence-corrected chi connectivity index (χ1v) is 13.9. The Labute approximate surface area is 232 Å². The summed E-state index contributed by atoms with van der Waals surface area (Å²) in [5.41, 5.74) is 4.31. The molecule has 5 aromatic rings. The minimum Gasteiger partial charge on any atom is -0.345 e. The number of halogens is 1. The van der Waals surface area contributed by atoms with Crippen LogP contribution in [-0.2, 0) is 11.3 Å². The fourth-order valence-corrected chi connectivity index (χ4v) is 5.58. The maximum absolute atomic E-state index is 12.8. The number of benzene rings is 3. The Hall–Kier alpha value is -3.73. The first-order valence-electron chi connectivity index (χ1n) is 11.7. The fraction of sp³-hybridized carbons (Fsp3) is 0.148. The molecular weight excluding hydrogens is 540 g/mol. The Balaban J connectivity index is 1.32. The number of thioether (sulfide) groups is 1.